The predicted molar refractivity (Wildman–Crippen MR) is 74.3 cm³/mol. The van der Waals surface area contributed by atoms with E-state index in [1.165, 1.54) is 12.7 Å². The number of aliphatic hydroxyl groups is 1. The summed E-state index contributed by atoms with van der Waals surface area (Å²) >= 11 is 0. The first-order valence-corrected chi connectivity index (χ1v) is 7.02. The summed E-state index contributed by atoms with van der Waals surface area (Å²) in [5.74, 6) is 1.85. The third kappa shape index (κ3) is 4.06. The van der Waals surface area contributed by atoms with E-state index in [1.807, 2.05) is 6.92 Å². The second-order valence-corrected chi connectivity index (χ2v) is 5.45. The zero-order chi connectivity index (χ0) is 13.7. The van der Waals surface area contributed by atoms with Crippen molar-refractivity contribution in [1.29, 1.82) is 0 Å². The highest BCUT2D eigenvalue weighted by Crippen LogP contribution is 2.32. The fraction of sp³-hybridized carbons (Fsp3) is 0.714. The molecule has 1 saturated carbocycles. The number of anilines is 1. The number of hydrogen-bond acceptors (Lipinski definition) is 5. The third-order valence-electron chi connectivity index (χ3n) is 3.60. The van der Waals surface area contributed by atoms with E-state index in [9.17, 15) is 5.11 Å². The summed E-state index contributed by atoms with van der Waals surface area (Å²) in [5.41, 5.74) is -0.617. The van der Waals surface area contributed by atoms with Gasteiger partial charge in [0.15, 0.2) is 0 Å². The van der Waals surface area contributed by atoms with Crippen LogP contribution in [0.4, 0.5) is 5.82 Å². The lowest BCUT2D eigenvalue weighted by Crippen LogP contribution is -2.41. The Kier molecular flexibility index (Phi) is 4.58. The van der Waals surface area contributed by atoms with Crippen molar-refractivity contribution in [1.82, 2.24) is 9.97 Å². The molecule has 19 heavy (non-hydrogen) atoms. The van der Waals surface area contributed by atoms with Gasteiger partial charge in [-0.25, -0.2) is 9.97 Å². The molecule has 1 heterocycles. The molecule has 0 radical (unpaired) electrons. The van der Waals surface area contributed by atoms with Crippen LogP contribution in [0.5, 0.6) is 5.88 Å². The van der Waals surface area contributed by atoms with Crippen molar-refractivity contribution in [3.05, 3.63) is 12.4 Å². The molecule has 0 aromatic carbocycles. The number of rotatable bonds is 5. The van der Waals surface area contributed by atoms with Crippen molar-refractivity contribution in [2.24, 2.45) is 5.92 Å². The zero-order valence-electron chi connectivity index (χ0n) is 11.7. The smallest absolute Gasteiger partial charge is 0.218 e. The minimum Gasteiger partial charge on any atom is -0.478 e. The number of aromatic nitrogens is 2. The van der Waals surface area contributed by atoms with Crippen LogP contribution in [0.2, 0.25) is 0 Å². The molecule has 0 spiro atoms. The Morgan fingerprint density at radius 1 is 1.53 bits per heavy atom. The Hall–Kier alpha value is -1.36. The molecule has 1 aromatic heterocycles. The first-order valence-electron chi connectivity index (χ1n) is 7.02. The van der Waals surface area contributed by atoms with Gasteiger partial charge >= 0.3 is 0 Å². The van der Waals surface area contributed by atoms with Crippen LogP contribution in [0.1, 0.15) is 39.5 Å². The van der Waals surface area contributed by atoms with E-state index >= 15 is 0 Å². The van der Waals surface area contributed by atoms with Gasteiger partial charge in [0, 0.05) is 12.6 Å². The molecule has 2 unspecified atom stereocenters. The maximum absolute atomic E-state index is 10.5. The molecule has 106 valence electrons. The monoisotopic (exact) mass is 265 g/mol. The highest BCUT2D eigenvalue weighted by Gasteiger charge is 2.32. The average Bonchev–Trinajstić information content (AvgIpc) is 2.37. The fourth-order valence-electron chi connectivity index (χ4n) is 2.71. The SMILES string of the molecule is CCOc1cc(NCC2(O)CCCC(C)C2)ncn1. The quantitative estimate of drug-likeness (QED) is 0.854. The van der Waals surface area contributed by atoms with Gasteiger partial charge in [-0.05, 0) is 25.7 Å². The van der Waals surface area contributed by atoms with Gasteiger partial charge in [-0.3, -0.25) is 0 Å². The summed E-state index contributed by atoms with van der Waals surface area (Å²) in [7, 11) is 0. The van der Waals surface area contributed by atoms with Crippen molar-refractivity contribution >= 4 is 5.82 Å². The van der Waals surface area contributed by atoms with Crippen LogP contribution in [-0.2, 0) is 0 Å². The molecule has 5 heteroatoms. The van der Waals surface area contributed by atoms with Crippen LogP contribution in [0.15, 0.2) is 12.4 Å². The van der Waals surface area contributed by atoms with Crippen LogP contribution >= 0.6 is 0 Å². The second-order valence-electron chi connectivity index (χ2n) is 5.45. The van der Waals surface area contributed by atoms with E-state index in [0.29, 0.717) is 30.8 Å². The molecular formula is C14H23N3O2. The summed E-state index contributed by atoms with van der Waals surface area (Å²) in [4.78, 5) is 8.16. The molecular weight excluding hydrogens is 242 g/mol. The lowest BCUT2D eigenvalue weighted by atomic mass is 9.79. The summed E-state index contributed by atoms with van der Waals surface area (Å²) < 4.78 is 5.33. The molecule has 0 saturated heterocycles. The topological polar surface area (TPSA) is 67.3 Å². The number of nitrogens with zero attached hydrogens (tertiary/aromatic N) is 2. The van der Waals surface area contributed by atoms with Crippen molar-refractivity contribution < 1.29 is 9.84 Å². The van der Waals surface area contributed by atoms with Crippen molar-refractivity contribution in [3.8, 4) is 5.88 Å². The van der Waals surface area contributed by atoms with E-state index in [1.54, 1.807) is 6.07 Å². The normalized spacial score (nSPS) is 27.0. The van der Waals surface area contributed by atoms with Crippen LogP contribution < -0.4 is 10.1 Å². The van der Waals surface area contributed by atoms with E-state index < -0.39 is 5.60 Å². The van der Waals surface area contributed by atoms with Gasteiger partial charge in [-0.1, -0.05) is 19.8 Å². The van der Waals surface area contributed by atoms with Crippen LogP contribution in [0, 0.1) is 5.92 Å². The lowest BCUT2D eigenvalue weighted by Gasteiger charge is -2.35. The first kappa shape index (κ1) is 14.1. The van der Waals surface area contributed by atoms with Gasteiger partial charge in [0.2, 0.25) is 5.88 Å². The minimum absolute atomic E-state index is 0.528. The molecule has 2 rings (SSSR count). The van der Waals surface area contributed by atoms with Gasteiger partial charge in [0.05, 0.1) is 12.2 Å². The summed E-state index contributed by atoms with van der Waals surface area (Å²) in [5, 5.41) is 13.7. The maximum Gasteiger partial charge on any atom is 0.218 e. The summed E-state index contributed by atoms with van der Waals surface area (Å²) in [6.45, 7) is 5.22. The molecule has 1 fully saturated rings. The highest BCUT2D eigenvalue weighted by molar-refractivity contribution is 5.37. The molecule has 1 aliphatic carbocycles. The molecule has 5 nitrogen and oxygen atoms in total. The predicted octanol–water partition coefficient (Wildman–Crippen LogP) is 2.23. The Morgan fingerprint density at radius 2 is 2.37 bits per heavy atom. The average molecular weight is 265 g/mol. The van der Waals surface area contributed by atoms with Crippen molar-refractivity contribution in [2.75, 3.05) is 18.5 Å². The number of hydrogen-bond donors (Lipinski definition) is 2. The Balaban J connectivity index is 1.92. The molecule has 1 aromatic rings. The van der Waals surface area contributed by atoms with Crippen molar-refractivity contribution in [2.45, 2.75) is 45.1 Å². The van der Waals surface area contributed by atoms with E-state index in [-0.39, 0.29) is 0 Å². The largest absolute Gasteiger partial charge is 0.478 e. The van der Waals surface area contributed by atoms with Gasteiger partial charge in [-0.15, -0.1) is 0 Å². The van der Waals surface area contributed by atoms with E-state index in [4.69, 9.17) is 4.74 Å². The van der Waals surface area contributed by atoms with E-state index in [0.717, 1.165) is 19.3 Å². The summed E-state index contributed by atoms with van der Waals surface area (Å²) in [6.07, 6.45) is 5.48. The lowest BCUT2D eigenvalue weighted by molar-refractivity contribution is -0.000835. The Morgan fingerprint density at radius 3 is 3.11 bits per heavy atom. The first-order chi connectivity index (χ1) is 9.11. The van der Waals surface area contributed by atoms with Gasteiger partial charge in [0.1, 0.15) is 12.1 Å². The van der Waals surface area contributed by atoms with Gasteiger partial charge in [0.25, 0.3) is 0 Å². The van der Waals surface area contributed by atoms with Crippen molar-refractivity contribution in [3.63, 3.8) is 0 Å². The molecule has 0 amide bonds. The maximum atomic E-state index is 10.5. The van der Waals surface area contributed by atoms with Gasteiger partial charge in [-0.2, -0.15) is 0 Å². The minimum atomic E-state index is -0.617. The Bertz CT molecular complexity index is 413. The fourth-order valence-corrected chi connectivity index (χ4v) is 2.71. The molecule has 1 aliphatic rings. The number of ether oxygens (including phenoxy) is 1. The molecule has 0 bridgehead atoms. The summed E-state index contributed by atoms with van der Waals surface area (Å²) in [6, 6.07) is 1.76. The highest BCUT2D eigenvalue weighted by atomic mass is 16.5. The van der Waals surface area contributed by atoms with E-state index in [2.05, 4.69) is 22.2 Å². The van der Waals surface area contributed by atoms with Crippen LogP contribution in [0.25, 0.3) is 0 Å². The number of nitrogens with one attached hydrogen (secondary N) is 1. The Labute approximate surface area is 114 Å². The molecule has 2 atom stereocenters. The standard InChI is InChI=1S/C14H23N3O2/c1-3-19-13-7-12(16-10-17-13)15-9-14(18)6-4-5-11(2)8-14/h7,10-11,18H,3-6,8-9H2,1-2H3,(H,15,16,17). The third-order valence-corrected chi connectivity index (χ3v) is 3.60. The second kappa shape index (κ2) is 6.19. The molecule has 2 N–H and O–H groups in total. The zero-order valence-corrected chi connectivity index (χ0v) is 11.7. The van der Waals surface area contributed by atoms with Crippen LogP contribution in [0.3, 0.4) is 0 Å². The van der Waals surface area contributed by atoms with Crippen LogP contribution in [-0.4, -0.2) is 33.8 Å². The molecule has 0 aliphatic heterocycles. The van der Waals surface area contributed by atoms with Gasteiger partial charge < -0.3 is 15.2 Å².